The molecule has 0 aliphatic carbocycles. The van der Waals surface area contributed by atoms with Crippen molar-refractivity contribution < 1.29 is 9.53 Å². The number of nitrogens with two attached hydrogens (primary N) is 1. The van der Waals surface area contributed by atoms with E-state index in [2.05, 4.69) is 0 Å². The fourth-order valence-corrected chi connectivity index (χ4v) is 2.40. The molecule has 1 amide bonds. The maximum atomic E-state index is 12.2. The van der Waals surface area contributed by atoms with Crippen LogP contribution in [-0.2, 0) is 4.79 Å². The van der Waals surface area contributed by atoms with Crippen LogP contribution in [0.4, 0.5) is 0 Å². The average molecular weight is 293 g/mol. The number of carbonyl (C=O) groups excluding carboxylic acids is 1. The van der Waals surface area contributed by atoms with E-state index in [0.29, 0.717) is 13.1 Å². The zero-order valence-electron chi connectivity index (χ0n) is 13.5. The predicted molar refractivity (Wildman–Crippen MR) is 85.3 cm³/mol. The first kappa shape index (κ1) is 17.5. The van der Waals surface area contributed by atoms with Gasteiger partial charge in [-0.2, -0.15) is 0 Å². The first-order chi connectivity index (χ1) is 10.1. The third-order valence-corrected chi connectivity index (χ3v) is 3.76. The van der Waals surface area contributed by atoms with E-state index in [1.54, 1.807) is 7.11 Å². The molecule has 1 aromatic rings. The molecule has 1 rings (SSSR count). The van der Waals surface area contributed by atoms with Crippen LogP contribution in [0, 0.1) is 0 Å². The predicted octanol–water partition coefficient (Wildman–Crippen LogP) is 1.50. The van der Waals surface area contributed by atoms with Gasteiger partial charge in [0.15, 0.2) is 0 Å². The molecule has 0 saturated heterocycles. The Morgan fingerprint density at radius 3 is 2.24 bits per heavy atom. The minimum absolute atomic E-state index is 0.0235. The SMILES string of the molecule is CCN(CC)C(=O)CN(C)C(CN)c1ccc(OC)cc1. The number of amides is 1. The highest BCUT2D eigenvalue weighted by Crippen LogP contribution is 2.21. The van der Waals surface area contributed by atoms with Crippen molar-refractivity contribution in [3.05, 3.63) is 29.8 Å². The Bertz CT molecular complexity index is 430. The van der Waals surface area contributed by atoms with Crippen LogP contribution in [-0.4, -0.2) is 56.0 Å². The van der Waals surface area contributed by atoms with Crippen molar-refractivity contribution in [3.63, 3.8) is 0 Å². The van der Waals surface area contributed by atoms with E-state index in [1.165, 1.54) is 0 Å². The molecule has 5 nitrogen and oxygen atoms in total. The molecule has 0 aliphatic heterocycles. The van der Waals surface area contributed by atoms with Gasteiger partial charge in [0.25, 0.3) is 0 Å². The molecule has 21 heavy (non-hydrogen) atoms. The number of likely N-dealkylation sites (N-methyl/N-ethyl adjacent to an activating group) is 2. The van der Waals surface area contributed by atoms with Gasteiger partial charge in [0.05, 0.1) is 13.7 Å². The number of rotatable bonds is 8. The summed E-state index contributed by atoms with van der Waals surface area (Å²) in [6, 6.07) is 7.84. The number of ether oxygens (including phenoxy) is 1. The molecule has 2 N–H and O–H groups in total. The highest BCUT2D eigenvalue weighted by Gasteiger charge is 2.20. The van der Waals surface area contributed by atoms with Crippen LogP contribution in [0.25, 0.3) is 0 Å². The second-order valence-corrected chi connectivity index (χ2v) is 5.01. The third-order valence-electron chi connectivity index (χ3n) is 3.76. The van der Waals surface area contributed by atoms with Gasteiger partial charge >= 0.3 is 0 Å². The van der Waals surface area contributed by atoms with Gasteiger partial charge in [0, 0.05) is 25.7 Å². The van der Waals surface area contributed by atoms with E-state index < -0.39 is 0 Å². The number of carbonyl (C=O) groups is 1. The minimum Gasteiger partial charge on any atom is -0.497 e. The van der Waals surface area contributed by atoms with Crippen LogP contribution < -0.4 is 10.5 Å². The molecular weight excluding hydrogens is 266 g/mol. The fourth-order valence-electron chi connectivity index (χ4n) is 2.40. The summed E-state index contributed by atoms with van der Waals surface area (Å²) in [7, 11) is 3.58. The molecule has 1 atom stereocenters. The highest BCUT2D eigenvalue weighted by atomic mass is 16.5. The van der Waals surface area contributed by atoms with Gasteiger partial charge in [-0.05, 0) is 38.6 Å². The topological polar surface area (TPSA) is 58.8 Å². The van der Waals surface area contributed by atoms with Gasteiger partial charge in [-0.15, -0.1) is 0 Å². The van der Waals surface area contributed by atoms with Crippen LogP contribution >= 0.6 is 0 Å². The Morgan fingerprint density at radius 2 is 1.81 bits per heavy atom. The Hall–Kier alpha value is -1.59. The summed E-state index contributed by atoms with van der Waals surface area (Å²) in [5, 5.41) is 0. The van der Waals surface area contributed by atoms with E-state index in [1.807, 2.05) is 55.0 Å². The highest BCUT2D eigenvalue weighted by molar-refractivity contribution is 5.78. The maximum Gasteiger partial charge on any atom is 0.236 e. The molecule has 0 heterocycles. The molecule has 0 saturated carbocycles. The molecule has 118 valence electrons. The van der Waals surface area contributed by atoms with Gasteiger partial charge in [-0.25, -0.2) is 0 Å². The third kappa shape index (κ3) is 4.72. The maximum absolute atomic E-state index is 12.2. The van der Waals surface area contributed by atoms with Gasteiger partial charge in [0.1, 0.15) is 5.75 Å². The molecule has 0 bridgehead atoms. The fraction of sp³-hybridized carbons (Fsp3) is 0.562. The zero-order chi connectivity index (χ0) is 15.8. The molecular formula is C16H27N3O2. The Labute approximate surface area is 127 Å². The van der Waals surface area contributed by atoms with Crippen molar-refractivity contribution in [3.8, 4) is 5.75 Å². The smallest absolute Gasteiger partial charge is 0.236 e. The molecule has 1 unspecified atom stereocenters. The molecule has 0 aromatic heterocycles. The van der Waals surface area contributed by atoms with Gasteiger partial charge in [-0.1, -0.05) is 12.1 Å². The number of methoxy groups -OCH3 is 1. The molecule has 1 aromatic carbocycles. The van der Waals surface area contributed by atoms with Crippen LogP contribution in [0.5, 0.6) is 5.75 Å². The normalized spacial score (nSPS) is 12.3. The minimum atomic E-state index is 0.0235. The summed E-state index contributed by atoms with van der Waals surface area (Å²) in [6.07, 6.45) is 0. The molecule has 0 fully saturated rings. The summed E-state index contributed by atoms with van der Waals surface area (Å²) in [4.78, 5) is 16.0. The van der Waals surface area contributed by atoms with Crippen molar-refractivity contribution >= 4 is 5.91 Å². The van der Waals surface area contributed by atoms with E-state index in [9.17, 15) is 4.79 Å². The molecule has 0 spiro atoms. The monoisotopic (exact) mass is 293 g/mol. The van der Waals surface area contributed by atoms with Crippen molar-refractivity contribution in [2.45, 2.75) is 19.9 Å². The summed E-state index contributed by atoms with van der Waals surface area (Å²) < 4.78 is 5.16. The first-order valence-electron chi connectivity index (χ1n) is 7.39. The number of benzene rings is 1. The van der Waals surface area contributed by atoms with Crippen LogP contribution in [0.1, 0.15) is 25.5 Å². The van der Waals surface area contributed by atoms with Crippen LogP contribution in [0.15, 0.2) is 24.3 Å². The number of hydrogen-bond acceptors (Lipinski definition) is 4. The van der Waals surface area contributed by atoms with Crippen LogP contribution in [0.2, 0.25) is 0 Å². The lowest BCUT2D eigenvalue weighted by Crippen LogP contribution is -2.41. The lowest BCUT2D eigenvalue weighted by atomic mass is 10.1. The van der Waals surface area contributed by atoms with Gasteiger partial charge in [0.2, 0.25) is 5.91 Å². The molecule has 0 radical (unpaired) electrons. The quantitative estimate of drug-likeness (QED) is 0.789. The van der Waals surface area contributed by atoms with Crippen molar-refractivity contribution in [1.82, 2.24) is 9.80 Å². The second kappa shape index (κ2) is 8.64. The summed E-state index contributed by atoms with van der Waals surface area (Å²) in [5.41, 5.74) is 6.99. The van der Waals surface area contributed by atoms with Gasteiger partial charge < -0.3 is 15.4 Å². The largest absolute Gasteiger partial charge is 0.497 e. The molecule has 0 aliphatic rings. The summed E-state index contributed by atoms with van der Waals surface area (Å²) in [6.45, 7) is 6.29. The Kier molecular flexibility index (Phi) is 7.19. The number of nitrogens with zero attached hydrogens (tertiary/aromatic N) is 2. The van der Waals surface area contributed by atoms with E-state index >= 15 is 0 Å². The van der Waals surface area contributed by atoms with Crippen molar-refractivity contribution in [1.29, 1.82) is 0 Å². The van der Waals surface area contributed by atoms with E-state index in [4.69, 9.17) is 10.5 Å². The Morgan fingerprint density at radius 1 is 1.24 bits per heavy atom. The van der Waals surface area contributed by atoms with Crippen LogP contribution in [0.3, 0.4) is 0 Å². The van der Waals surface area contributed by atoms with Gasteiger partial charge in [-0.3, -0.25) is 9.69 Å². The first-order valence-corrected chi connectivity index (χ1v) is 7.39. The van der Waals surface area contributed by atoms with Crippen molar-refractivity contribution in [2.75, 3.05) is 40.3 Å². The number of hydrogen-bond donors (Lipinski definition) is 1. The zero-order valence-corrected chi connectivity index (χ0v) is 13.5. The molecule has 5 heteroatoms. The second-order valence-electron chi connectivity index (χ2n) is 5.01. The average Bonchev–Trinajstić information content (AvgIpc) is 2.49. The Balaban J connectivity index is 2.76. The summed E-state index contributed by atoms with van der Waals surface area (Å²) >= 11 is 0. The standard InChI is InChI=1S/C16H27N3O2/c1-5-19(6-2)16(20)12-18(3)15(11-17)13-7-9-14(21-4)10-8-13/h7-10,15H,5-6,11-12,17H2,1-4H3. The lowest BCUT2D eigenvalue weighted by Gasteiger charge is -2.29. The summed E-state index contributed by atoms with van der Waals surface area (Å²) in [5.74, 6) is 0.950. The van der Waals surface area contributed by atoms with E-state index in [-0.39, 0.29) is 11.9 Å². The van der Waals surface area contributed by atoms with E-state index in [0.717, 1.165) is 24.4 Å². The van der Waals surface area contributed by atoms with Crippen molar-refractivity contribution in [2.24, 2.45) is 5.73 Å². The lowest BCUT2D eigenvalue weighted by molar-refractivity contribution is -0.132.